The SMILES string of the molecule is Nc1ccccc1C(=O)N/N=C\c1cc(Br)c(O)c(Br)c1. The van der Waals surface area contributed by atoms with Crippen molar-refractivity contribution in [2.24, 2.45) is 5.10 Å². The minimum Gasteiger partial charge on any atom is -0.506 e. The van der Waals surface area contributed by atoms with Crippen molar-refractivity contribution in [1.29, 1.82) is 0 Å². The van der Waals surface area contributed by atoms with E-state index >= 15 is 0 Å². The maximum Gasteiger partial charge on any atom is 0.273 e. The van der Waals surface area contributed by atoms with Gasteiger partial charge in [-0.25, -0.2) is 5.43 Å². The molecule has 0 heterocycles. The van der Waals surface area contributed by atoms with Crippen molar-refractivity contribution in [3.8, 4) is 5.75 Å². The minimum atomic E-state index is -0.388. The number of phenolic OH excluding ortho intramolecular Hbond substituents is 1. The molecule has 0 aliphatic carbocycles. The number of nitrogens with zero attached hydrogens (tertiary/aromatic N) is 1. The highest BCUT2D eigenvalue weighted by atomic mass is 79.9. The van der Waals surface area contributed by atoms with Gasteiger partial charge in [0, 0.05) is 5.69 Å². The van der Waals surface area contributed by atoms with Crippen molar-refractivity contribution < 1.29 is 9.90 Å². The zero-order valence-corrected chi connectivity index (χ0v) is 13.8. The number of rotatable bonds is 3. The number of nitrogens with one attached hydrogen (secondary N) is 1. The van der Waals surface area contributed by atoms with Crippen LogP contribution in [0.4, 0.5) is 5.69 Å². The van der Waals surface area contributed by atoms with Gasteiger partial charge in [0.15, 0.2) is 0 Å². The molecule has 0 fully saturated rings. The molecular formula is C14H11Br2N3O2. The Labute approximate surface area is 138 Å². The first-order valence-electron chi connectivity index (χ1n) is 5.85. The molecule has 0 unspecified atom stereocenters. The fourth-order valence-corrected chi connectivity index (χ4v) is 2.81. The number of carbonyl (C=O) groups excluding carboxylic acids is 1. The maximum atomic E-state index is 11.9. The van der Waals surface area contributed by atoms with Crippen molar-refractivity contribution in [3.63, 3.8) is 0 Å². The van der Waals surface area contributed by atoms with Crippen LogP contribution in [0.1, 0.15) is 15.9 Å². The number of hydrogen-bond acceptors (Lipinski definition) is 4. The van der Waals surface area contributed by atoms with Crippen molar-refractivity contribution >= 4 is 49.7 Å². The Kier molecular flexibility index (Phi) is 4.98. The van der Waals surface area contributed by atoms with Gasteiger partial charge in [-0.2, -0.15) is 5.10 Å². The molecule has 0 saturated carbocycles. The fourth-order valence-electron chi connectivity index (χ4n) is 1.59. The third kappa shape index (κ3) is 3.83. The Hall–Kier alpha value is -1.86. The number of hydrazone groups is 1. The van der Waals surface area contributed by atoms with E-state index in [-0.39, 0.29) is 11.7 Å². The summed E-state index contributed by atoms with van der Waals surface area (Å²) in [5.74, 6) is -0.283. The van der Waals surface area contributed by atoms with E-state index in [0.717, 1.165) is 0 Å². The number of halogens is 2. The lowest BCUT2D eigenvalue weighted by Crippen LogP contribution is -2.18. The molecule has 5 nitrogen and oxygen atoms in total. The summed E-state index contributed by atoms with van der Waals surface area (Å²) in [5, 5.41) is 13.5. The number of hydrogen-bond donors (Lipinski definition) is 3. The van der Waals surface area contributed by atoms with E-state index in [1.165, 1.54) is 6.21 Å². The van der Waals surface area contributed by atoms with Crippen molar-refractivity contribution in [2.75, 3.05) is 5.73 Å². The van der Waals surface area contributed by atoms with E-state index < -0.39 is 0 Å². The number of aromatic hydroxyl groups is 1. The molecule has 0 aliphatic rings. The molecule has 2 aromatic rings. The highest BCUT2D eigenvalue weighted by molar-refractivity contribution is 9.11. The second-order valence-electron chi connectivity index (χ2n) is 4.12. The summed E-state index contributed by atoms with van der Waals surface area (Å²) in [7, 11) is 0. The van der Waals surface area contributed by atoms with Gasteiger partial charge in [0.25, 0.3) is 5.91 Å². The Morgan fingerprint density at radius 3 is 2.48 bits per heavy atom. The summed E-state index contributed by atoms with van der Waals surface area (Å²) in [6.45, 7) is 0. The minimum absolute atomic E-state index is 0.105. The quantitative estimate of drug-likeness (QED) is 0.410. The van der Waals surface area contributed by atoms with Crippen LogP contribution in [0.25, 0.3) is 0 Å². The van der Waals surface area contributed by atoms with E-state index in [0.29, 0.717) is 25.8 Å². The first-order valence-corrected chi connectivity index (χ1v) is 7.43. The van der Waals surface area contributed by atoms with E-state index in [9.17, 15) is 9.90 Å². The van der Waals surface area contributed by atoms with Crippen molar-refractivity contribution in [3.05, 3.63) is 56.5 Å². The van der Waals surface area contributed by atoms with Gasteiger partial charge >= 0.3 is 0 Å². The van der Waals surface area contributed by atoms with Crippen LogP contribution in [0.2, 0.25) is 0 Å². The summed E-state index contributed by atoms with van der Waals surface area (Å²) in [6.07, 6.45) is 1.46. The number of benzene rings is 2. The zero-order chi connectivity index (χ0) is 15.4. The predicted molar refractivity (Wildman–Crippen MR) is 89.4 cm³/mol. The molecule has 4 N–H and O–H groups in total. The molecule has 2 aromatic carbocycles. The number of anilines is 1. The molecule has 0 aromatic heterocycles. The van der Waals surface area contributed by atoms with Crippen LogP contribution in [0, 0.1) is 0 Å². The first kappa shape index (κ1) is 15.5. The molecule has 0 aliphatic heterocycles. The number of amides is 1. The normalized spacial score (nSPS) is 10.8. The molecule has 0 atom stereocenters. The summed E-state index contributed by atoms with van der Waals surface area (Å²) >= 11 is 6.44. The van der Waals surface area contributed by atoms with Gasteiger partial charge in [-0.05, 0) is 61.7 Å². The Morgan fingerprint density at radius 2 is 1.86 bits per heavy atom. The monoisotopic (exact) mass is 411 g/mol. The van der Waals surface area contributed by atoms with Gasteiger partial charge in [0.05, 0.1) is 20.7 Å². The van der Waals surface area contributed by atoms with Gasteiger partial charge in [0.1, 0.15) is 5.75 Å². The molecule has 0 radical (unpaired) electrons. The third-order valence-corrected chi connectivity index (χ3v) is 3.83. The van der Waals surface area contributed by atoms with Gasteiger partial charge < -0.3 is 10.8 Å². The van der Waals surface area contributed by atoms with E-state index in [2.05, 4.69) is 42.4 Å². The summed E-state index contributed by atoms with van der Waals surface area (Å²) in [6, 6.07) is 10.1. The molecular weight excluding hydrogens is 402 g/mol. The lowest BCUT2D eigenvalue weighted by Gasteiger charge is -2.04. The van der Waals surface area contributed by atoms with Crippen molar-refractivity contribution in [2.45, 2.75) is 0 Å². The van der Waals surface area contributed by atoms with E-state index in [4.69, 9.17) is 5.73 Å². The van der Waals surface area contributed by atoms with Crippen LogP contribution in [0.3, 0.4) is 0 Å². The van der Waals surface area contributed by atoms with Crippen molar-refractivity contribution in [1.82, 2.24) is 5.43 Å². The molecule has 108 valence electrons. The Balaban J connectivity index is 2.10. The fraction of sp³-hybridized carbons (Fsp3) is 0. The van der Waals surface area contributed by atoms with Gasteiger partial charge in [0.2, 0.25) is 0 Å². The maximum absolute atomic E-state index is 11.9. The Morgan fingerprint density at radius 1 is 1.24 bits per heavy atom. The zero-order valence-electron chi connectivity index (χ0n) is 10.7. The largest absolute Gasteiger partial charge is 0.506 e. The van der Waals surface area contributed by atoms with Crippen LogP contribution >= 0.6 is 31.9 Å². The van der Waals surface area contributed by atoms with E-state index in [1.54, 1.807) is 36.4 Å². The summed E-state index contributed by atoms with van der Waals surface area (Å²) in [5.41, 5.74) is 9.56. The molecule has 0 saturated heterocycles. The summed E-state index contributed by atoms with van der Waals surface area (Å²) in [4.78, 5) is 11.9. The topological polar surface area (TPSA) is 87.7 Å². The third-order valence-electron chi connectivity index (χ3n) is 2.62. The molecule has 0 spiro atoms. The van der Waals surface area contributed by atoms with Crippen LogP contribution < -0.4 is 11.2 Å². The van der Waals surface area contributed by atoms with Crippen LogP contribution in [-0.4, -0.2) is 17.2 Å². The Bertz CT molecular complexity index is 694. The van der Waals surface area contributed by atoms with Gasteiger partial charge in [-0.3, -0.25) is 4.79 Å². The smallest absolute Gasteiger partial charge is 0.273 e. The molecule has 2 rings (SSSR count). The average molecular weight is 413 g/mol. The molecule has 7 heteroatoms. The molecule has 1 amide bonds. The van der Waals surface area contributed by atoms with E-state index in [1.807, 2.05) is 0 Å². The predicted octanol–water partition coefficient (Wildman–Crippen LogP) is 3.26. The standard InChI is InChI=1S/C14H11Br2N3O2/c15-10-5-8(6-11(16)13(10)20)7-18-19-14(21)9-3-1-2-4-12(9)17/h1-7,20H,17H2,(H,19,21)/b18-7-. The van der Waals surface area contributed by atoms with Gasteiger partial charge in [-0.1, -0.05) is 12.1 Å². The molecule has 0 bridgehead atoms. The van der Waals surface area contributed by atoms with Crippen LogP contribution in [0.15, 0.2) is 50.4 Å². The average Bonchev–Trinajstić information content (AvgIpc) is 2.45. The number of nitrogen functional groups attached to an aromatic ring is 1. The number of carbonyl (C=O) groups is 1. The first-order chi connectivity index (χ1) is 9.99. The lowest BCUT2D eigenvalue weighted by molar-refractivity contribution is 0.0956. The highest BCUT2D eigenvalue weighted by Gasteiger charge is 2.07. The number of nitrogens with two attached hydrogens (primary N) is 1. The number of para-hydroxylation sites is 1. The second-order valence-corrected chi connectivity index (χ2v) is 5.83. The highest BCUT2D eigenvalue weighted by Crippen LogP contribution is 2.32. The summed E-state index contributed by atoms with van der Waals surface area (Å²) < 4.78 is 1.05. The lowest BCUT2D eigenvalue weighted by atomic mass is 10.2. The second kappa shape index (κ2) is 6.73. The molecule has 21 heavy (non-hydrogen) atoms. The van der Waals surface area contributed by atoms with Crippen LogP contribution in [-0.2, 0) is 0 Å². The number of phenols is 1. The van der Waals surface area contributed by atoms with Crippen LogP contribution in [0.5, 0.6) is 5.75 Å². The van der Waals surface area contributed by atoms with Gasteiger partial charge in [-0.15, -0.1) is 0 Å².